The van der Waals surface area contributed by atoms with Crippen molar-refractivity contribution in [3.63, 3.8) is 0 Å². The first kappa shape index (κ1) is 23.5. The second-order valence-electron chi connectivity index (χ2n) is 8.21. The number of carbonyl (C=O) groups excluding carboxylic acids is 1. The molecule has 3 heterocycles. The van der Waals surface area contributed by atoms with Crippen molar-refractivity contribution in [3.8, 4) is 11.5 Å². The molecule has 1 aromatic carbocycles. The summed E-state index contributed by atoms with van der Waals surface area (Å²) in [5, 5.41) is 16.3. The van der Waals surface area contributed by atoms with Crippen LogP contribution < -0.4 is 20.3 Å². The van der Waals surface area contributed by atoms with E-state index in [1.807, 2.05) is 24.1 Å². The van der Waals surface area contributed by atoms with Gasteiger partial charge in [0, 0.05) is 51.6 Å². The summed E-state index contributed by atoms with van der Waals surface area (Å²) < 4.78 is 5.22. The molecule has 0 bridgehead atoms. The first-order chi connectivity index (χ1) is 16.5. The van der Waals surface area contributed by atoms with Crippen LogP contribution in [0.15, 0.2) is 40.6 Å². The molecule has 1 atom stereocenters. The van der Waals surface area contributed by atoms with E-state index in [0.717, 1.165) is 36.4 Å². The summed E-state index contributed by atoms with van der Waals surface area (Å²) in [6.07, 6.45) is 5.57. The van der Waals surface area contributed by atoms with Gasteiger partial charge in [-0.3, -0.25) is 9.78 Å². The highest BCUT2D eigenvalue weighted by Crippen LogP contribution is 2.34. The molecule has 10 heteroatoms. The van der Waals surface area contributed by atoms with Gasteiger partial charge in [0.15, 0.2) is 11.5 Å². The first-order valence-electron chi connectivity index (χ1n) is 11.4. The van der Waals surface area contributed by atoms with E-state index in [1.165, 1.54) is 7.11 Å². The SMILES string of the molecule is CCN(CCNC)c1ccncc1NC(=O)C1CC=NC(N2Cc3cc(O)c(OC)cc3C2)=N1. The predicted octanol–water partition coefficient (Wildman–Crippen LogP) is 1.99. The summed E-state index contributed by atoms with van der Waals surface area (Å²) in [6.45, 7) is 5.68. The molecule has 3 N–H and O–H groups in total. The van der Waals surface area contributed by atoms with Crippen LogP contribution in [0.4, 0.5) is 11.4 Å². The summed E-state index contributed by atoms with van der Waals surface area (Å²) in [7, 11) is 3.45. The second-order valence-corrected chi connectivity index (χ2v) is 8.21. The molecule has 0 saturated heterocycles. The van der Waals surface area contributed by atoms with Crippen molar-refractivity contribution < 1.29 is 14.6 Å². The number of nitrogens with zero attached hydrogens (tertiary/aromatic N) is 5. The maximum atomic E-state index is 13.1. The molecule has 4 rings (SSSR count). The van der Waals surface area contributed by atoms with E-state index < -0.39 is 6.04 Å². The second kappa shape index (κ2) is 10.5. The Morgan fingerprint density at radius 1 is 1.32 bits per heavy atom. The van der Waals surface area contributed by atoms with Crippen LogP contribution >= 0.6 is 0 Å². The summed E-state index contributed by atoms with van der Waals surface area (Å²) >= 11 is 0. The van der Waals surface area contributed by atoms with Crippen LogP contribution in [0.1, 0.15) is 24.5 Å². The lowest BCUT2D eigenvalue weighted by atomic mass is 10.1. The quantitative estimate of drug-likeness (QED) is 0.546. The minimum Gasteiger partial charge on any atom is -0.504 e. The number of nitrogens with one attached hydrogen (secondary N) is 2. The number of fused-ring (bicyclic) bond motifs is 1. The lowest BCUT2D eigenvalue weighted by Crippen LogP contribution is -2.35. The van der Waals surface area contributed by atoms with Gasteiger partial charge >= 0.3 is 0 Å². The molecule has 34 heavy (non-hydrogen) atoms. The molecule has 180 valence electrons. The number of likely N-dealkylation sites (N-methyl/N-ethyl adjacent to an activating group) is 2. The van der Waals surface area contributed by atoms with Crippen LogP contribution in [0.5, 0.6) is 11.5 Å². The number of aromatic hydroxyl groups is 1. The van der Waals surface area contributed by atoms with Crippen molar-refractivity contribution in [2.24, 2.45) is 9.98 Å². The van der Waals surface area contributed by atoms with Gasteiger partial charge in [-0.05, 0) is 43.3 Å². The van der Waals surface area contributed by atoms with E-state index in [1.54, 1.807) is 24.7 Å². The lowest BCUT2D eigenvalue weighted by Gasteiger charge is -2.26. The Bertz CT molecular complexity index is 1100. The van der Waals surface area contributed by atoms with Crippen molar-refractivity contribution in [2.45, 2.75) is 32.5 Å². The number of rotatable bonds is 8. The molecule has 1 unspecified atom stereocenters. The third-order valence-electron chi connectivity index (χ3n) is 6.03. The average molecular weight is 466 g/mol. The number of aromatic nitrogens is 1. The number of guanidine groups is 1. The smallest absolute Gasteiger partial charge is 0.249 e. The van der Waals surface area contributed by atoms with Crippen LogP contribution in [0, 0.1) is 0 Å². The van der Waals surface area contributed by atoms with E-state index in [9.17, 15) is 9.90 Å². The molecule has 2 aromatic rings. The topological polar surface area (TPSA) is 115 Å². The van der Waals surface area contributed by atoms with Gasteiger partial charge in [0.05, 0.1) is 24.7 Å². The molecular weight excluding hydrogens is 434 g/mol. The molecule has 1 amide bonds. The van der Waals surface area contributed by atoms with Crippen molar-refractivity contribution in [1.29, 1.82) is 0 Å². The number of phenolic OH excluding ortho intramolecular Hbond substituents is 1. The largest absolute Gasteiger partial charge is 0.504 e. The molecule has 0 aliphatic carbocycles. The number of benzene rings is 1. The van der Waals surface area contributed by atoms with Crippen LogP contribution in [0.2, 0.25) is 0 Å². The molecule has 0 spiro atoms. The van der Waals surface area contributed by atoms with E-state index >= 15 is 0 Å². The zero-order chi connectivity index (χ0) is 24.1. The number of ether oxygens (including phenoxy) is 1. The molecule has 0 radical (unpaired) electrons. The summed E-state index contributed by atoms with van der Waals surface area (Å²) in [4.78, 5) is 30.6. The van der Waals surface area contributed by atoms with Crippen molar-refractivity contribution in [3.05, 3.63) is 41.7 Å². The number of phenols is 1. The highest BCUT2D eigenvalue weighted by Gasteiger charge is 2.28. The Balaban J connectivity index is 1.47. The fourth-order valence-electron chi connectivity index (χ4n) is 4.18. The third-order valence-corrected chi connectivity index (χ3v) is 6.03. The van der Waals surface area contributed by atoms with Crippen molar-refractivity contribution in [1.82, 2.24) is 15.2 Å². The summed E-state index contributed by atoms with van der Waals surface area (Å²) in [5.74, 6) is 0.864. The maximum absolute atomic E-state index is 13.1. The maximum Gasteiger partial charge on any atom is 0.249 e. The van der Waals surface area contributed by atoms with E-state index in [-0.39, 0.29) is 11.7 Å². The number of anilines is 2. The Hall–Kier alpha value is -3.66. The van der Waals surface area contributed by atoms with Crippen LogP contribution in [0.25, 0.3) is 0 Å². The predicted molar refractivity (Wildman–Crippen MR) is 133 cm³/mol. The highest BCUT2D eigenvalue weighted by atomic mass is 16.5. The minimum absolute atomic E-state index is 0.109. The van der Waals surface area contributed by atoms with Gasteiger partial charge in [-0.15, -0.1) is 0 Å². The fraction of sp³-hybridized carbons (Fsp3) is 0.417. The standard InChI is InChI=1S/C24H31N7O3/c1-4-30(10-9-25-2)20-6-7-26-13-19(20)28-23(33)18-5-8-27-24(29-18)31-14-16-11-21(32)22(34-3)12-17(16)15-31/h6-8,11-13,18,25,32H,4-5,9-10,14-15H2,1-3H3,(H,28,33). The molecular formula is C24H31N7O3. The normalized spacial score (nSPS) is 16.7. The molecule has 0 fully saturated rings. The van der Waals surface area contributed by atoms with Gasteiger partial charge in [-0.2, -0.15) is 0 Å². The molecule has 1 aromatic heterocycles. The van der Waals surface area contributed by atoms with Crippen LogP contribution in [-0.4, -0.2) is 72.9 Å². The first-order valence-corrected chi connectivity index (χ1v) is 11.4. The zero-order valence-corrected chi connectivity index (χ0v) is 19.8. The van der Waals surface area contributed by atoms with Crippen molar-refractivity contribution in [2.75, 3.05) is 44.0 Å². The monoisotopic (exact) mass is 465 g/mol. The summed E-state index contributed by atoms with van der Waals surface area (Å²) in [6, 6.07) is 4.87. The fourth-order valence-corrected chi connectivity index (χ4v) is 4.18. The number of hydrogen-bond donors (Lipinski definition) is 3. The van der Waals surface area contributed by atoms with Crippen LogP contribution in [-0.2, 0) is 17.9 Å². The number of pyridine rings is 1. The Labute approximate surface area is 199 Å². The molecule has 10 nitrogen and oxygen atoms in total. The Morgan fingerprint density at radius 2 is 2.12 bits per heavy atom. The van der Waals surface area contributed by atoms with Gasteiger partial charge in [0.1, 0.15) is 6.04 Å². The van der Waals surface area contributed by atoms with Gasteiger partial charge in [-0.25, -0.2) is 9.98 Å². The number of amides is 1. The van der Waals surface area contributed by atoms with Gasteiger partial charge in [-0.1, -0.05) is 0 Å². The minimum atomic E-state index is -0.584. The zero-order valence-electron chi connectivity index (χ0n) is 19.8. The average Bonchev–Trinajstić information content (AvgIpc) is 3.27. The summed E-state index contributed by atoms with van der Waals surface area (Å²) in [5.41, 5.74) is 3.63. The molecule has 2 aliphatic heterocycles. The number of methoxy groups -OCH3 is 1. The Morgan fingerprint density at radius 3 is 2.85 bits per heavy atom. The Kier molecular flexibility index (Phi) is 7.27. The van der Waals surface area contributed by atoms with Gasteiger partial charge < -0.3 is 30.3 Å². The van der Waals surface area contributed by atoms with Crippen molar-refractivity contribution >= 4 is 29.5 Å². The number of hydrogen-bond acceptors (Lipinski definition) is 9. The van der Waals surface area contributed by atoms with Gasteiger partial charge in [0.2, 0.25) is 11.9 Å². The lowest BCUT2D eigenvalue weighted by molar-refractivity contribution is -0.117. The number of aliphatic imine (C=N–C) groups is 2. The van der Waals surface area contributed by atoms with Gasteiger partial charge in [0.25, 0.3) is 0 Å². The third kappa shape index (κ3) is 4.96. The van der Waals surface area contributed by atoms with E-state index in [2.05, 4.69) is 37.4 Å². The number of carbonyl (C=O) groups is 1. The van der Waals surface area contributed by atoms with E-state index in [4.69, 9.17) is 4.74 Å². The van der Waals surface area contributed by atoms with Crippen LogP contribution in [0.3, 0.4) is 0 Å². The van der Waals surface area contributed by atoms with E-state index in [0.29, 0.717) is 36.9 Å². The molecule has 2 aliphatic rings. The highest BCUT2D eigenvalue weighted by molar-refractivity contribution is 6.02. The molecule has 0 saturated carbocycles.